The van der Waals surface area contributed by atoms with E-state index in [1.54, 1.807) is 31.2 Å². The van der Waals surface area contributed by atoms with Crippen molar-refractivity contribution in [2.45, 2.75) is 87.1 Å². The van der Waals surface area contributed by atoms with Crippen molar-refractivity contribution in [3.05, 3.63) is 234 Å². The Morgan fingerprint density at radius 2 is 0.880 bits per heavy atom. The van der Waals surface area contributed by atoms with E-state index >= 15 is 0 Å². The van der Waals surface area contributed by atoms with Gasteiger partial charge in [0.25, 0.3) is 0 Å². The molecule has 0 spiro atoms. The molecule has 0 bridgehead atoms. The van der Waals surface area contributed by atoms with Crippen LogP contribution >= 0.6 is 0 Å². The van der Waals surface area contributed by atoms with Crippen LogP contribution in [0.15, 0.2) is 219 Å². The summed E-state index contributed by atoms with van der Waals surface area (Å²) >= 11 is 0. The summed E-state index contributed by atoms with van der Waals surface area (Å²) in [5.41, 5.74) is -0.758. The highest BCUT2D eigenvalue weighted by Crippen LogP contribution is 2.47. The average molecular weight is 1730 g/mol. The van der Waals surface area contributed by atoms with Crippen molar-refractivity contribution in [1.82, 2.24) is 0 Å². The van der Waals surface area contributed by atoms with Crippen LogP contribution in [-0.2, 0) is 15.9 Å². The van der Waals surface area contributed by atoms with Crippen molar-refractivity contribution >= 4 is 43.9 Å². The minimum atomic E-state index is -1.94. The molecule has 6 heterocycles. The Bertz CT molecular complexity index is 6670. The first-order valence-electron chi connectivity index (χ1n) is 37.4. The molecule has 0 amide bonds. The largest absolute Gasteiger partial charge is 0.508 e. The topological polar surface area (TPSA) is 664 Å². The van der Waals surface area contributed by atoms with E-state index in [1.165, 1.54) is 66.7 Å². The molecule has 1 aliphatic carbocycles. The van der Waals surface area contributed by atoms with Gasteiger partial charge in [0.05, 0.1) is 30.5 Å². The molecule has 37 heteroatoms. The highest BCUT2D eigenvalue weighted by molar-refractivity contribution is 5.92. The van der Waals surface area contributed by atoms with E-state index in [4.69, 9.17) is 36.6 Å². The first kappa shape index (κ1) is 87.5. The zero-order valence-corrected chi connectivity index (χ0v) is 64.4. The molecular formula is C88H76O37. The Morgan fingerprint density at radius 3 is 1.46 bits per heavy atom. The second kappa shape index (κ2) is 35.8. The van der Waals surface area contributed by atoms with Crippen LogP contribution in [0.4, 0.5) is 0 Å². The number of aromatic hydroxyl groups is 18. The number of phenols is 17. The predicted octanol–water partition coefficient (Wildman–Crippen LogP) is 7.96. The number of rotatable bonds is 10. The number of aliphatic hydroxyl groups is 7. The first-order valence-corrected chi connectivity index (χ1v) is 37.4. The molecule has 1 saturated heterocycles. The average Bonchev–Trinajstić information content (AvgIpc) is 0.762. The predicted molar refractivity (Wildman–Crippen MR) is 436 cm³/mol. The van der Waals surface area contributed by atoms with Crippen molar-refractivity contribution < 1.29 is 164 Å². The van der Waals surface area contributed by atoms with E-state index in [2.05, 4.69) is 0 Å². The number of ether oxygens (including phenoxy) is 4. The number of aliphatic hydroxyl groups excluding tert-OH is 7. The molecule has 3 aliphatic rings. The molecule has 4 aromatic heterocycles. The second-order valence-electron chi connectivity index (χ2n) is 29.0. The van der Waals surface area contributed by atoms with Crippen molar-refractivity contribution in [2.24, 2.45) is 5.92 Å². The molecule has 10 aromatic carbocycles. The highest BCUT2D eigenvalue weighted by Gasteiger charge is 2.48. The van der Waals surface area contributed by atoms with E-state index in [0.717, 1.165) is 60.2 Å². The van der Waals surface area contributed by atoms with Gasteiger partial charge >= 0.3 is 0 Å². The quantitative estimate of drug-likeness (QED) is 0.0577. The third-order valence-corrected chi connectivity index (χ3v) is 20.3. The van der Waals surface area contributed by atoms with Crippen molar-refractivity contribution in [2.75, 3.05) is 6.61 Å². The van der Waals surface area contributed by atoms with Gasteiger partial charge < -0.3 is 164 Å². The minimum absolute atomic E-state index is 0.00385. The van der Waals surface area contributed by atoms with Crippen LogP contribution in [-0.4, -0.2) is 195 Å². The number of hydrogen-bond donors (Lipinski definition) is 25. The lowest BCUT2D eigenvalue weighted by molar-refractivity contribution is -0.285. The lowest BCUT2D eigenvalue weighted by atomic mass is 9.82. The van der Waals surface area contributed by atoms with Gasteiger partial charge in [-0.1, -0.05) is 73.7 Å². The lowest BCUT2D eigenvalue weighted by Gasteiger charge is -2.42. The molecule has 2 aliphatic heterocycles. The number of phenolic OH excluding ortho intramolecular Hbond substituents is 17. The fourth-order valence-corrected chi connectivity index (χ4v) is 13.9. The van der Waals surface area contributed by atoms with Gasteiger partial charge in [-0.3, -0.25) is 19.2 Å². The molecule has 25 N–H and O–H groups in total. The summed E-state index contributed by atoms with van der Waals surface area (Å²) in [6.45, 7) is 1.17. The zero-order chi connectivity index (χ0) is 90.2. The third-order valence-electron chi connectivity index (χ3n) is 20.3. The Labute approximate surface area is 699 Å². The maximum atomic E-state index is 13.6. The van der Waals surface area contributed by atoms with Gasteiger partial charge in [-0.15, -0.1) is 0 Å². The van der Waals surface area contributed by atoms with Gasteiger partial charge in [0.2, 0.25) is 34.4 Å². The zero-order valence-electron chi connectivity index (χ0n) is 64.4. The fraction of sp³-hybridized carbons (Fsp3) is 0.182. The second-order valence-corrected chi connectivity index (χ2v) is 29.0. The maximum Gasteiger partial charge on any atom is 0.239 e. The molecule has 125 heavy (non-hydrogen) atoms. The normalized spacial score (nSPS) is 20.1. The van der Waals surface area contributed by atoms with Gasteiger partial charge in [0.1, 0.15) is 161 Å². The Kier molecular flexibility index (Phi) is 25.0. The summed E-state index contributed by atoms with van der Waals surface area (Å²) in [6.07, 6.45) is -15.3. The molecule has 1 unspecified atom stereocenters. The van der Waals surface area contributed by atoms with E-state index < -0.39 is 165 Å². The van der Waals surface area contributed by atoms with E-state index in [-0.39, 0.29) is 131 Å². The number of fused-ring (bicyclic) bond motifs is 5. The van der Waals surface area contributed by atoms with Crippen LogP contribution in [0.3, 0.4) is 0 Å². The summed E-state index contributed by atoms with van der Waals surface area (Å²) in [6, 6.07) is 41.7. The molecule has 650 valence electrons. The van der Waals surface area contributed by atoms with E-state index in [9.17, 15) is 147 Å². The van der Waals surface area contributed by atoms with Gasteiger partial charge in [-0.25, -0.2) is 0 Å². The molecule has 1 saturated carbocycles. The van der Waals surface area contributed by atoms with Crippen LogP contribution < -0.4 is 31.2 Å². The number of benzene rings is 10. The van der Waals surface area contributed by atoms with Crippen LogP contribution in [0.25, 0.3) is 89.2 Å². The smallest absolute Gasteiger partial charge is 0.239 e. The maximum absolute atomic E-state index is 13.6. The monoisotopic (exact) mass is 1720 g/mol. The molecule has 12 atom stereocenters. The summed E-state index contributed by atoms with van der Waals surface area (Å²) in [7, 11) is 0. The summed E-state index contributed by atoms with van der Waals surface area (Å²) < 4.78 is 44.8. The Hall–Kier alpha value is -15.3. The summed E-state index contributed by atoms with van der Waals surface area (Å²) in [5.74, 6) is -8.64. The van der Waals surface area contributed by atoms with Crippen LogP contribution in [0.2, 0.25) is 0 Å². The first-order chi connectivity index (χ1) is 59.3. The van der Waals surface area contributed by atoms with Gasteiger partial charge in [-0.2, -0.15) is 0 Å². The SMILES string of the molecule is C[C@@H]1C[C@@H](OC[C@H]2O[C@@H](Oc3c(-c4ccc(O)c(O)c4)oc4cc(O)cc(O)c4c3=O)[C@H](O)[C@H](O)[C@@H]2O)[C@H](O)[C@@H](O)[C@H]1O.O=c1c(O)c(-c2ccc(O)cc2O)oc2cc(O)cc(O)c12.O=c1cc(-c2ccccc2)oc2cc(O)c(O)c(O)c12.O=c1cc(-c2ccccc2)oc2cc(O)cc(O)c12.Oc1cc(O)c2c(c1)OC(c1ccc(O)c(O)c1)[C@@H](O)C2. The van der Waals surface area contributed by atoms with Crippen LogP contribution in [0.1, 0.15) is 30.6 Å². The van der Waals surface area contributed by atoms with Gasteiger partial charge in [0, 0.05) is 101 Å². The standard InChI is InChI=1S/C28H32O15.C15H10O7.C15H14O6.C15H10O5.C15H10O4/c1-9-4-16(20(34)23(37)19(9)33)40-8-17-21(35)24(38)25(39)28(42-17)43-27-22(36)18-14(32)6-11(29)7-15(18)41-26(27)10-2-3-12(30)13(31)5-10;16-6-1-2-8(9(18)3-6)15-14(21)13(20)12-10(19)4-7(17)5-11(12)22-15;16-8-4-11(18)9-6-13(20)15(21-14(9)5-8)7-1-2-10(17)12(19)3-7;16-9-6-11(8-4-2-1-3-5-8)20-12-7-10(17)14(18)15(19)13(9)12;16-10-6-11(17)15-12(18)8-13(19-14(15)7-10)9-4-2-1-3-5-9/h2-3,5-7,9,16-17,19-21,23-25,28-35,37-39H,4,8H2,1H3;1-5,16-19,21H;1-5,13,15-20H,6H2;1-7,17-19H;1-8,16-17H/t9-,16-,17-,19+,20+,21-,23+,24-,25-,28+;;13-,15?;;/m1.0../s1. The van der Waals surface area contributed by atoms with Crippen LogP contribution in [0, 0.1) is 5.92 Å². The Morgan fingerprint density at radius 1 is 0.376 bits per heavy atom. The molecule has 37 nitrogen and oxygen atoms in total. The van der Waals surface area contributed by atoms with E-state index in [1.807, 2.05) is 36.4 Å². The fourth-order valence-electron chi connectivity index (χ4n) is 13.9. The van der Waals surface area contributed by atoms with Crippen molar-refractivity contribution in [3.63, 3.8) is 0 Å². The lowest BCUT2D eigenvalue weighted by Crippen LogP contribution is -2.61. The van der Waals surface area contributed by atoms with Crippen molar-refractivity contribution in [3.8, 4) is 160 Å². The van der Waals surface area contributed by atoms with Crippen molar-refractivity contribution in [1.29, 1.82) is 0 Å². The van der Waals surface area contributed by atoms with Crippen LogP contribution in [0.5, 0.6) is 115 Å². The molecular weight excluding hydrogens is 1650 g/mol. The van der Waals surface area contributed by atoms with E-state index in [0.29, 0.717) is 28.2 Å². The minimum Gasteiger partial charge on any atom is -0.508 e. The molecule has 0 radical (unpaired) electrons. The number of hydrogen-bond acceptors (Lipinski definition) is 37. The summed E-state index contributed by atoms with van der Waals surface area (Å²) in [5, 5.41) is 246. The highest BCUT2D eigenvalue weighted by atomic mass is 16.7. The third kappa shape index (κ3) is 18.2. The van der Waals surface area contributed by atoms with Gasteiger partial charge in [-0.05, 0) is 60.4 Å². The summed E-state index contributed by atoms with van der Waals surface area (Å²) in [4.78, 5) is 49.8. The molecule has 2 fully saturated rings. The molecule has 17 rings (SSSR count). The van der Waals surface area contributed by atoms with Gasteiger partial charge in [0.15, 0.2) is 56.9 Å². The Balaban J connectivity index is 0.000000140. The molecule has 14 aromatic rings.